The van der Waals surface area contributed by atoms with Crippen molar-refractivity contribution in [2.45, 2.75) is 13.2 Å². The van der Waals surface area contributed by atoms with E-state index in [2.05, 4.69) is 0 Å². The van der Waals surface area contributed by atoms with Crippen LogP contribution in [0.1, 0.15) is 11.4 Å². The summed E-state index contributed by atoms with van der Waals surface area (Å²) in [5.74, 6) is 0.335. The molecule has 0 radical (unpaired) electrons. The molecule has 0 bridgehead atoms. The Bertz CT molecular complexity index is 1210. The summed E-state index contributed by atoms with van der Waals surface area (Å²) >= 11 is 0. The third-order valence-electron chi connectivity index (χ3n) is 4.93. The van der Waals surface area contributed by atoms with Crippen molar-refractivity contribution in [3.63, 3.8) is 0 Å². The summed E-state index contributed by atoms with van der Waals surface area (Å²) in [7, 11) is 0. The zero-order chi connectivity index (χ0) is 23.2. The third kappa shape index (κ3) is 4.82. The SMILES string of the molecule is O=[N+]([O-])c1ccccc1OCc1ccc(COc2ccccc2[N+](=O)[O-])n1-c1ccccc1. The predicted molar refractivity (Wildman–Crippen MR) is 121 cm³/mol. The minimum Gasteiger partial charge on any atom is -0.480 e. The van der Waals surface area contributed by atoms with Crippen LogP contribution in [0.3, 0.4) is 0 Å². The Morgan fingerprint density at radius 3 is 1.48 bits per heavy atom. The molecule has 0 aliphatic carbocycles. The van der Waals surface area contributed by atoms with Crippen LogP contribution in [0.2, 0.25) is 0 Å². The molecule has 33 heavy (non-hydrogen) atoms. The lowest BCUT2D eigenvalue weighted by atomic mass is 10.3. The second-order valence-corrected chi connectivity index (χ2v) is 7.01. The Hall–Kier alpha value is -4.66. The summed E-state index contributed by atoms with van der Waals surface area (Å²) in [5.41, 5.74) is 2.08. The molecule has 1 aromatic heterocycles. The number of nitrogens with zero attached hydrogens (tertiary/aromatic N) is 3. The van der Waals surface area contributed by atoms with Gasteiger partial charge in [0.2, 0.25) is 0 Å². The summed E-state index contributed by atoms with van der Waals surface area (Å²) in [4.78, 5) is 21.6. The molecule has 0 spiro atoms. The molecule has 4 rings (SSSR count). The lowest BCUT2D eigenvalue weighted by molar-refractivity contribution is -0.386. The molecule has 0 aliphatic rings. The summed E-state index contributed by atoms with van der Waals surface area (Å²) in [6.45, 7) is 0.149. The molecule has 9 heteroatoms. The number of hydrogen-bond donors (Lipinski definition) is 0. The highest BCUT2D eigenvalue weighted by Crippen LogP contribution is 2.29. The highest BCUT2D eigenvalue weighted by molar-refractivity contribution is 5.47. The van der Waals surface area contributed by atoms with Crippen LogP contribution >= 0.6 is 0 Å². The molecule has 0 aliphatic heterocycles. The number of ether oxygens (including phenoxy) is 2. The molecule has 0 atom stereocenters. The largest absolute Gasteiger partial charge is 0.480 e. The van der Waals surface area contributed by atoms with Crippen molar-refractivity contribution in [1.29, 1.82) is 0 Å². The maximum Gasteiger partial charge on any atom is 0.310 e. The van der Waals surface area contributed by atoms with Gasteiger partial charge in [0.25, 0.3) is 0 Å². The van der Waals surface area contributed by atoms with Crippen molar-refractivity contribution in [3.05, 3.63) is 123 Å². The van der Waals surface area contributed by atoms with E-state index < -0.39 is 9.85 Å². The van der Waals surface area contributed by atoms with E-state index in [1.165, 1.54) is 12.1 Å². The topological polar surface area (TPSA) is 110 Å². The van der Waals surface area contributed by atoms with Gasteiger partial charge in [-0.3, -0.25) is 20.2 Å². The van der Waals surface area contributed by atoms with Gasteiger partial charge in [-0.05, 0) is 36.4 Å². The molecule has 166 valence electrons. The Morgan fingerprint density at radius 2 is 1.03 bits per heavy atom. The van der Waals surface area contributed by atoms with Gasteiger partial charge in [0.1, 0.15) is 13.2 Å². The van der Waals surface area contributed by atoms with Gasteiger partial charge in [0.05, 0.1) is 21.2 Å². The summed E-state index contributed by atoms with van der Waals surface area (Å²) < 4.78 is 13.5. The van der Waals surface area contributed by atoms with Crippen molar-refractivity contribution in [3.8, 4) is 17.2 Å². The quantitative estimate of drug-likeness (QED) is 0.250. The molecule has 0 saturated heterocycles. The van der Waals surface area contributed by atoms with E-state index in [1.54, 1.807) is 36.4 Å². The monoisotopic (exact) mass is 445 g/mol. The first-order valence-electron chi connectivity index (χ1n) is 10.0. The lowest BCUT2D eigenvalue weighted by Gasteiger charge is -2.15. The molecule has 0 N–H and O–H groups in total. The minimum absolute atomic E-state index is 0.0746. The number of aromatic nitrogens is 1. The highest BCUT2D eigenvalue weighted by atomic mass is 16.6. The average molecular weight is 445 g/mol. The Labute approximate surface area is 188 Å². The molecule has 3 aromatic carbocycles. The van der Waals surface area contributed by atoms with Crippen LogP contribution in [-0.2, 0) is 13.2 Å². The van der Waals surface area contributed by atoms with E-state index in [0.717, 1.165) is 17.1 Å². The van der Waals surface area contributed by atoms with Crippen LogP contribution in [0.25, 0.3) is 5.69 Å². The normalized spacial score (nSPS) is 10.5. The minimum atomic E-state index is -0.488. The van der Waals surface area contributed by atoms with Crippen LogP contribution in [0.4, 0.5) is 11.4 Å². The smallest absolute Gasteiger partial charge is 0.310 e. The first-order valence-corrected chi connectivity index (χ1v) is 10.0. The summed E-state index contributed by atoms with van der Waals surface area (Å²) in [5, 5.41) is 22.6. The number of benzene rings is 3. The number of hydrogen-bond acceptors (Lipinski definition) is 6. The van der Waals surface area contributed by atoms with Gasteiger partial charge in [0, 0.05) is 17.8 Å². The fourth-order valence-electron chi connectivity index (χ4n) is 3.42. The molecule has 0 unspecified atom stereocenters. The fraction of sp³-hybridized carbons (Fsp3) is 0.0833. The van der Waals surface area contributed by atoms with Gasteiger partial charge in [-0.25, -0.2) is 0 Å². The van der Waals surface area contributed by atoms with Crippen LogP contribution in [0.15, 0.2) is 91.0 Å². The van der Waals surface area contributed by atoms with Gasteiger partial charge in [-0.2, -0.15) is 0 Å². The molecular formula is C24H19N3O6. The molecule has 1 heterocycles. The zero-order valence-corrected chi connectivity index (χ0v) is 17.4. The van der Waals surface area contributed by atoms with Gasteiger partial charge in [-0.1, -0.05) is 42.5 Å². The second-order valence-electron chi connectivity index (χ2n) is 7.01. The van der Waals surface area contributed by atoms with Gasteiger partial charge in [-0.15, -0.1) is 0 Å². The van der Waals surface area contributed by atoms with Crippen molar-refractivity contribution >= 4 is 11.4 Å². The van der Waals surface area contributed by atoms with Crippen molar-refractivity contribution in [1.82, 2.24) is 4.57 Å². The zero-order valence-electron chi connectivity index (χ0n) is 17.4. The first-order chi connectivity index (χ1) is 16.0. The predicted octanol–water partition coefficient (Wildman–Crippen LogP) is 5.45. The van der Waals surface area contributed by atoms with Gasteiger partial charge >= 0.3 is 11.4 Å². The van der Waals surface area contributed by atoms with Crippen LogP contribution < -0.4 is 9.47 Å². The van der Waals surface area contributed by atoms with Crippen molar-refractivity contribution in [2.75, 3.05) is 0 Å². The van der Waals surface area contributed by atoms with Crippen molar-refractivity contribution < 1.29 is 19.3 Å². The Balaban J connectivity index is 1.62. The van der Waals surface area contributed by atoms with E-state index in [9.17, 15) is 20.2 Å². The highest BCUT2D eigenvalue weighted by Gasteiger charge is 2.18. The van der Waals surface area contributed by atoms with Crippen LogP contribution in [0, 0.1) is 20.2 Å². The molecule has 0 fully saturated rings. The third-order valence-corrected chi connectivity index (χ3v) is 4.93. The standard InChI is InChI=1S/C24H19N3O6/c28-26(29)21-10-4-6-12-23(21)32-16-19-14-15-20(25(19)18-8-2-1-3-9-18)17-33-24-13-7-5-11-22(24)27(30)31/h1-15H,16-17H2. The fourth-order valence-corrected chi connectivity index (χ4v) is 3.42. The lowest BCUT2D eigenvalue weighted by Crippen LogP contribution is -2.10. The van der Waals surface area contributed by atoms with Crippen LogP contribution in [0.5, 0.6) is 11.5 Å². The summed E-state index contributed by atoms with van der Waals surface area (Å²) in [6, 6.07) is 25.5. The Morgan fingerprint density at radius 1 is 0.606 bits per heavy atom. The molecule has 9 nitrogen and oxygen atoms in total. The van der Waals surface area contributed by atoms with E-state index in [-0.39, 0.29) is 36.1 Å². The molecular weight excluding hydrogens is 426 g/mol. The molecule has 0 saturated carbocycles. The number of nitro groups is 2. The first kappa shape index (κ1) is 21.6. The van der Waals surface area contributed by atoms with E-state index >= 15 is 0 Å². The molecule has 4 aromatic rings. The van der Waals surface area contributed by atoms with Crippen molar-refractivity contribution in [2.24, 2.45) is 0 Å². The van der Waals surface area contributed by atoms with E-state index in [0.29, 0.717) is 0 Å². The summed E-state index contributed by atoms with van der Waals surface area (Å²) in [6.07, 6.45) is 0. The Kier molecular flexibility index (Phi) is 6.31. The maximum atomic E-state index is 11.3. The van der Waals surface area contributed by atoms with Crippen LogP contribution in [-0.4, -0.2) is 14.4 Å². The number of nitro benzene ring substituents is 2. The number of rotatable bonds is 9. The van der Waals surface area contributed by atoms with E-state index in [4.69, 9.17) is 9.47 Å². The molecule has 0 amide bonds. The van der Waals surface area contributed by atoms with Gasteiger partial charge < -0.3 is 14.0 Å². The van der Waals surface area contributed by atoms with E-state index in [1.807, 2.05) is 47.0 Å². The maximum absolute atomic E-state index is 11.3. The second kappa shape index (κ2) is 9.65. The average Bonchev–Trinajstić information content (AvgIpc) is 3.25. The number of para-hydroxylation sites is 5. The van der Waals surface area contributed by atoms with Gasteiger partial charge in [0.15, 0.2) is 11.5 Å².